The Balaban J connectivity index is 1.70. The van der Waals surface area contributed by atoms with Gasteiger partial charge in [-0.25, -0.2) is 0 Å². The maximum atomic E-state index is 11.5. The lowest BCUT2D eigenvalue weighted by molar-refractivity contribution is -0.121. The Morgan fingerprint density at radius 2 is 2.05 bits per heavy atom. The highest BCUT2D eigenvalue weighted by molar-refractivity contribution is 5.83. The fourth-order valence-corrected chi connectivity index (χ4v) is 2.36. The Bertz CT molecular complexity index is 547. The van der Waals surface area contributed by atoms with E-state index < -0.39 is 0 Å². The monoisotopic (exact) mass is 273 g/mol. The van der Waals surface area contributed by atoms with E-state index in [1.165, 1.54) is 16.5 Å². The summed E-state index contributed by atoms with van der Waals surface area (Å²) in [7, 11) is 1.90. The number of hydrogen-bond donors (Lipinski definition) is 3. The van der Waals surface area contributed by atoms with Gasteiger partial charge in [-0.05, 0) is 44.5 Å². The van der Waals surface area contributed by atoms with Crippen molar-refractivity contribution in [3.05, 3.63) is 36.0 Å². The van der Waals surface area contributed by atoms with Gasteiger partial charge < -0.3 is 15.6 Å². The first kappa shape index (κ1) is 14.6. The summed E-state index contributed by atoms with van der Waals surface area (Å²) in [6, 6.07) is 8.32. The third-order valence-electron chi connectivity index (χ3n) is 3.45. The van der Waals surface area contributed by atoms with Crippen molar-refractivity contribution >= 4 is 16.8 Å². The molecule has 4 nitrogen and oxygen atoms in total. The average Bonchev–Trinajstić information content (AvgIpc) is 2.87. The molecule has 0 unspecified atom stereocenters. The first-order valence-electron chi connectivity index (χ1n) is 7.27. The molecule has 0 aliphatic carbocycles. The van der Waals surface area contributed by atoms with E-state index in [9.17, 15) is 4.79 Å². The molecular formula is C16H23N3O. The zero-order valence-corrected chi connectivity index (χ0v) is 12.0. The zero-order valence-electron chi connectivity index (χ0n) is 12.0. The van der Waals surface area contributed by atoms with Gasteiger partial charge in [0.25, 0.3) is 0 Å². The number of para-hydroxylation sites is 1. The number of H-pyrrole nitrogens is 1. The second-order valence-corrected chi connectivity index (χ2v) is 5.02. The van der Waals surface area contributed by atoms with E-state index in [-0.39, 0.29) is 5.91 Å². The molecule has 0 atom stereocenters. The van der Waals surface area contributed by atoms with Gasteiger partial charge in [0.1, 0.15) is 0 Å². The summed E-state index contributed by atoms with van der Waals surface area (Å²) >= 11 is 0. The minimum atomic E-state index is 0.152. The van der Waals surface area contributed by atoms with E-state index in [2.05, 4.69) is 40.0 Å². The molecule has 0 fully saturated rings. The fourth-order valence-electron chi connectivity index (χ4n) is 2.36. The minimum absolute atomic E-state index is 0.152. The van der Waals surface area contributed by atoms with Gasteiger partial charge in [0.2, 0.25) is 5.91 Å². The lowest BCUT2D eigenvalue weighted by Gasteiger charge is -2.05. The molecule has 0 saturated carbocycles. The number of aromatic nitrogens is 1. The topological polar surface area (TPSA) is 56.9 Å². The van der Waals surface area contributed by atoms with Crippen LogP contribution >= 0.6 is 0 Å². The van der Waals surface area contributed by atoms with Gasteiger partial charge in [-0.1, -0.05) is 18.2 Å². The highest BCUT2D eigenvalue weighted by atomic mass is 16.1. The molecule has 2 rings (SSSR count). The SMILES string of the molecule is CNCCCC(=O)NCCCc1c[nH]c2ccccc12. The molecule has 1 aromatic heterocycles. The molecule has 108 valence electrons. The van der Waals surface area contributed by atoms with Crippen LogP contribution in [-0.2, 0) is 11.2 Å². The molecule has 0 saturated heterocycles. The van der Waals surface area contributed by atoms with Crippen molar-refractivity contribution in [3.8, 4) is 0 Å². The molecule has 0 bridgehead atoms. The number of hydrogen-bond acceptors (Lipinski definition) is 2. The van der Waals surface area contributed by atoms with Gasteiger partial charge in [0.15, 0.2) is 0 Å². The van der Waals surface area contributed by atoms with Crippen LogP contribution in [-0.4, -0.2) is 31.0 Å². The Labute approximate surface area is 120 Å². The number of carbonyl (C=O) groups is 1. The van der Waals surface area contributed by atoms with Crippen molar-refractivity contribution in [2.24, 2.45) is 0 Å². The zero-order chi connectivity index (χ0) is 14.2. The maximum absolute atomic E-state index is 11.5. The summed E-state index contributed by atoms with van der Waals surface area (Å²) in [4.78, 5) is 14.8. The Hall–Kier alpha value is -1.81. The van der Waals surface area contributed by atoms with Crippen LogP contribution < -0.4 is 10.6 Å². The van der Waals surface area contributed by atoms with Crippen LogP contribution in [0, 0.1) is 0 Å². The summed E-state index contributed by atoms with van der Waals surface area (Å²) in [5, 5.41) is 7.30. The van der Waals surface area contributed by atoms with Crippen molar-refractivity contribution in [2.45, 2.75) is 25.7 Å². The number of rotatable bonds is 8. The van der Waals surface area contributed by atoms with Crippen molar-refractivity contribution < 1.29 is 4.79 Å². The summed E-state index contributed by atoms with van der Waals surface area (Å²) < 4.78 is 0. The average molecular weight is 273 g/mol. The van der Waals surface area contributed by atoms with Gasteiger partial charge in [-0.2, -0.15) is 0 Å². The van der Waals surface area contributed by atoms with Gasteiger partial charge in [-0.15, -0.1) is 0 Å². The number of fused-ring (bicyclic) bond motifs is 1. The summed E-state index contributed by atoms with van der Waals surface area (Å²) in [6.07, 6.45) is 5.53. The number of nitrogens with one attached hydrogen (secondary N) is 3. The highest BCUT2D eigenvalue weighted by Crippen LogP contribution is 2.18. The Morgan fingerprint density at radius 1 is 1.20 bits per heavy atom. The molecule has 0 aliphatic heterocycles. The summed E-state index contributed by atoms with van der Waals surface area (Å²) in [6.45, 7) is 1.64. The van der Waals surface area contributed by atoms with Crippen molar-refractivity contribution in [1.82, 2.24) is 15.6 Å². The molecular weight excluding hydrogens is 250 g/mol. The quantitative estimate of drug-likeness (QED) is 0.646. The Kier molecular flexibility index (Phi) is 5.62. The van der Waals surface area contributed by atoms with Crippen molar-refractivity contribution in [1.29, 1.82) is 0 Å². The molecule has 0 spiro atoms. The number of carbonyl (C=O) groups excluding carboxylic acids is 1. The maximum Gasteiger partial charge on any atom is 0.220 e. The van der Waals surface area contributed by atoms with E-state index in [1.54, 1.807) is 0 Å². The molecule has 0 radical (unpaired) electrons. The highest BCUT2D eigenvalue weighted by Gasteiger charge is 2.03. The van der Waals surface area contributed by atoms with E-state index in [0.717, 1.165) is 32.4 Å². The molecule has 1 heterocycles. The van der Waals surface area contributed by atoms with Crippen LogP contribution in [0.25, 0.3) is 10.9 Å². The lowest BCUT2D eigenvalue weighted by atomic mass is 10.1. The lowest BCUT2D eigenvalue weighted by Crippen LogP contribution is -2.25. The molecule has 4 heteroatoms. The predicted molar refractivity (Wildman–Crippen MR) is 82.8 cm³/mol. The van der Waals surface area contributed by atoms with Crippen LogP contribution in [0.5, 0.6) is 0 Å². The number of benzene rings is 1. The van der Waals surface area contributed by atoms with Gasteiger partial charge in [0.05, 0.1) is 0 Å². The smallest absolute Gasteiger partial charge is 0.220 e. The van der Waals surface area contributed by atoms with Crippen LogP contribution in [0.3, 0.4) is 0 Å². The normalized spacial score (nSPS) is 10.8. The second-order valence-electron chi connectivity index (χ2n) is 5.02. The molecule has 3 N–H and O–H groups in total. The molecule has 0 aliphatic rings. The van der Waals surface area contributed by atoms with Gasteiger partial charge in [-0.3, -0.25) is 4.79 Å². The van der Waals surface area contributed by atoms with Crippen molar-refractivity contribution in [3.63, 3.8) is 0 Å². The second kappa shape index (κ2) is 7.70. The van der Waals surface area contributed by atoms with Crippen LogP contribution in [0.15, 0.2) is 30.5 Å². The van der Waals surface area contributed by atoms with Crippen molar-refractivity contribution in [2.75, 3.05) is 20.1 Å². The van der Waals surface area contributed by atoms with Crippen LogP contribution in [0.2, 0.25) is 0 Å². The third-order valence-corrected chi connectivity index (χ3v) is 3.45. The van der Waals surface area contributed by atoms with E-state index >= 15 is 0 Å². The van der Waals surface area contributed by atoms with E-state index in [1.807, 2.05) is 13.1 Å². The number of amides is 1. The van der Waals surface area contributed by atoms with Crippen LogP contribution in [0.4, 0.5) is 0 Å². The molecule has 1 aromatic carbocycles. The third kappa shape index (κ3) is 4.10. The van der Waals surface area contributed by atoms with Gasteiger partial charge in [0, 0.05) is 30.1 Å². The standard InChI is InChI=1S/C16H23N3O/c1-17-10-5-9-16(20)18-11-4-6-13-12-19-15-8-3-2-7-14(13)15/h2-3,7-8,12,17,19H,4-6,9-11H2,1H3,(H,18,20). The first-order chi connectivity index (χ1) is 9.81. The van der Waals surface area contributed by atoms with Gasteiger partial charge >= 0.3 is 0 Å². The Morgan fingerprint density at radius 3 is 2.90 bits per heavy atom. The minimum Gasteiger partial charge on any atom is -0.361 e. The molecule has 1 amide bonds. The fraction of sp³-hybridized carbons (Fsp3) is 0.438. The summed E-state index contributed by atoms with van der Waals surface area (Å²) in [5.41, 5.74) is 2.50. The number of aryl methyl sites for hydroxylation is 1. The van der Waals surface area contributed by atoms with Crippen LogP contribution in [0.1, 0.15) is 24.8 Å². The number of aromatic amines is 1. The largest absolute Gasteiger partial charge is 0.361 e. The predicted octanol–water partition coefficient (Wildman–Crippen LogP) is 2.22. The first-order valence-corrected chi connectivity index (χ1v) is 7.27. The molecule has 20 heavy (non-hydrogen) atoms. The molecule has 2 aromatic rings. The van der Waals surface area contributed by atoms with E-state index in [4.69, 9.17) is 0 Å². The van der Waals surface area contributed by atoms with E-state index in [0.29, 0.717) is 6.42 Å². The summed E-state index contributed by atoms with van der Waals surface area (Å²) in [5.74, 6) is 0.152.